The number of amides is 1. The number of aromatic amines is 1. The molecule has 1 aliphatic rings. The number of benzene rings is 1. The van der Waals surface area contributed by atoms with Gasteiger partial charge in [-0.2, -0.15) is 20.0 Å². The summed E-state index contributed by atoms with van der Waals surface area (Å²) < 4.78 is 0. The number of nitrogens with one attached hydrogen (secondary N) is 4. The summed E-state index contributed by atoms with van der Waals surface area (Å²) in [6.45, 7) is 1.74. The van der Waals surface area contributed by atoms with Gasteiger partial charge in [-0.15, -0.1) is 0 Å². The Balaban J connectivity index is 1.65. The molecule has 1 fully saturated rings. The third-order valence-corrected chi connectivity index (χ3v) is 4.56. The Morgan fingerprint density at radius 3 is 2.83 bits per heavy atom. The summed E-state index contributed by atoms with van der Waals surface area (Å²) in [5, 5.41) is 17.7. The lowest BCUT2D eigenvalue weighted by Gasteiger charge is -2.24. The number of rotatable bonds is 6. The molecule has 0 aliphatic carbocycles. The number of nitrogens with two attached hydrogens (primary N) is 1. The van der Waals surface area contributed by atoms with Crippen molar-refractivity contribution in [1.82, 2.24) is 30.3 Å². The fourth-order valence-electron chi connectivity index (χ4n) is 3.22. The molecule has 150 valence electrons. The van der Waals surface area contributed by atoms with Crippen LogP contribution in [0.4, 0.5) is 17.5 Å². The number of piperidine rings is 1. The zero-order valence-corrected chi connectivity index (χ0v) is 15.6. The third-order valence-electron chi connectivity index (χ3n) is 4.56. The molecule has 1 atom stereocenters. The maximum absolute atomic E-state index is 12.5. The van der Waals surface area contributed by atoms with E-state index >= 15 is 0 Å². The number of aromatic nitrogens is 5. The average molecular weight is 395 g/mol. The standard InChI is InChI=1S/C18H21N9O2/c19-15(28)14-16(23-11-3-1-5-13(9-11)27-21-7-8-22-27)25-18(26-17(14)29)24-12-4-2-6-20-10-12/h1,3,5,7-9,12,20H,2,4,6,10H2,(H2,19,28)(H3,23,24,25,26,29). The first-order valence-electron chi connectivity index (χ1n) is 9.25. The molecule has 0 saturated carbocycles. The van der Waals surface area contributed by atoms with E-state index in [1.54, 1.807) is 30.6 Å². The number of nitrogens with zero attached hydrogens (tertiary/aromatic N) is 4. The van der Waals surface area contributed by atoms with Crippen LogP contribution in [0.5, 0.6) is 0 Å². The van der Waals surface area contributed by atoms with Crippen LogP contribution in [0.25, 0.3) is 5.69 Å². The second kappa shape index (κ2) is 8.10. The summed E-state index contributed by atoms with van der Waals surface area (Å²) in [4.78, 5) is 32.8. The van der Waals surface area contributed by atoms with Crippen LogP contribution in [0.15, 0.2) is 41.5 Å². The van der Waals surface area contributed by atoms with Crippen molar-refractivity contribution in [1.29, 1.82) is 0 Å². The fraction of sp³-hybridized carbons (Fsp3) is 0.278. The van der Waals surface area contributed by atoms with Gasteiger partial charge in [-0.05, 0) is 37.6 Å². The quantitative estimate of drug-likeness (QED) is 0.400. The Morgan fingerprint density at radius 2 is 2.10 bits per heavy atom. The van der Waals surface area contributed by atoms with E-state index in [0.29, 0.717) is 11.4 Å². The van der Waals surface area contributed by atoms with E-state index in [9.17, 15) is 9.59 Å². The fourth-order valence-corrected chi connectivity index (χ4v) is 3.22. The van der Waals surface area contributed by atoms with Crippen LogP contribution >= 0.6 is 0 Å². The molecule has 6 N–H and O–H groups in total. The molecule has 1 unspecified atom stereocenters. The number of anilines is 3. The minimum Gasteiger partial charge on any atom is -0.365 e. The van der Waals surface area contributed by atoms with Crippen molar-refractivity contribution in [3.05, 3.63) is 52.6 Å². The second-order valence-electron chi connectivity index (χ2n) is 6.68. The molecule has 0 radical (unpaired) electrons. The first kappa shape index (κ1) is 18.6. The van der Waals surface area contributed by atoms with Gasteiger partial charge in [0.15, 0.2) is 5.82 Å². The van der Waals surface area contributed by atoms with Crippen LogP contribution in [-0.2, 0) is 0 Å². The molecule has 4 rings (SSSR count). The lowest BCUT2D eigenvalue weighted by molar-refractivity contribution is 0.0999. The molecule has 2 aromatic heterocycles. The van der Waals surface area contributed by atoms with Crippen LogP contribution in [0, 0.1) is 0 Å². The van der Waals surface area contributed by atoms with E-state index in [-0.39, 0.29) is 23.4 Å². The molecule has 1 aliphatic heterocycles. The summed E-state index contributed by atoms with van der Waals surface area (Å²) in [6.07, 6.45) is 5.12. The first-order chi connectivity index (χ1) is 14.1. The van der Waals surface area contributed by atoms with Gasteiger partial charge in [0.2, 0.25) is 5.95 Å². The Hall–Kier alpha value is -3.73. The van der Waals surface area contributed by atoms with Gasteiger partial charge in [-0.25, -0.2) is 0 Å². The maximum Gasteiger partial charge on any atom is 0.267 e. The monoisotopic (exact) mass is 395 g/mol. The summed E-state index contributed by atoms with van der Waals surface area (Å²) in [5.41, 5.74) is 5.88. The molecule has 0 spiro atoms. The van der Waals surface area contributed by atoms with Gasteiger partial charge < -0.3 is 21.7 Å². The first-order valence-corrected chi connectivity index (χ1v) is 9.25. The number of H-pyrrole nitrogens is 1. The maximum atomic E-state index is 12.5. The van der Waals surface area contributed by atoms with E-state index in [0.717, 1.165) is 25.9 Å². The van der Waals surface area contributed by atoms with Crippen molar-refractivity contribution in [2.75, 3.05) is 23.7 Å². The molecular weight excluding hydrogens is 374 g/mol. The Bertz CT molecular complexity index is 1060. The van der Waals surface area contributed by atoms with Crippen LogP contribution in [-0.4, -0.2) is 50.0 Å². The van der Waals surface area contributed by atoms with Gasteiger partial charge in [-0.1, -0.05) is 6.07 Å². The van der Waals surface area contributed by atoms with Crippen molar-refractivity contribution < 1.29 is 4.79 Å². The van der Waals surface area contributed by atoms with Crippen molar-refractivity contribution in [3.8, 4) is 5.69 Å². The highest BCUT2D eigenvalue weighted by Crippen LogP contribution is 2.20. The molecule has 3 aromatic rings. The average Bonchev–Trinajstić information content (AvgIpc) is 3.23. The zero-order valence-electron chi connectivity index (χ0n) is 15.6. The predicted molar refractivity (Wildman–Crippen MR) is 108 cm³/mol. The zero-order chi connectivity index (χ0) is 20.2. The number of carbonyl (C=O) groups excluding carboxylic acids is 1. The van der Waals surface area contributed by atoms with Crippen LogP contribution in [0.3, 0.4) is 0 Å². The molecular formula is C18H21N9O2. The van der Waals surface area contributed by atoms with Crippen LogP contribution in [0.2, 0.25) is 0 Å². The number of hydrogen-bond acceptors (Lipinski definition) is 8. The van der Waals surface area contributed by atoms with Crippen LogP contribution < -0.4 is 27.2 Å². The van der Waals surface area contributed by atoms with E-state index in [4.69, 9.17) is 5.73 Å². The SMILES string of the molecule is NC(=O)c1c(Nc2cccc(-n3nccn3)c2)nc(NC2CCCNC2)[nH]c1=O. The second-order valence-corrected chi connectivity index (χ2v) is 6.68. The van der Waals surface area contributed by atoms with Gasteiger partial charge in [-0.3, -0.25) is 14.6 Å². The Morgan fingerprint density at radius 1 is 1.28 bits per heavy atom. The highest BCUT2D eigenvalue weighted by molar-refractivity contribution is 5.98. The summed E-state index contributed by atoms with van der Waals surface area (Å²) >= 11 is 0. The van der Waals surface area contributed by atoms with Gasteiger partial charge in [0, 0.05) is 18.3 Å². The lowest BCUT2D eigenvalue weighted by atomic mass is 10.1. The molecule has 0 bridgehead atoms. The molecule has 29 heavy (non-hydrogen) atoms. The molecule has 3 heterocycles. The highest BCUT2D eigenvalue weighted by Gasteiger charge is 2.19. The topological polar surface area (TPSA) is 156 Å². The normalized spacial score (nSPS) is 16.3. The van der Waals surface area contributed by atoms with Crippen molar-refractivity contribution in [3.63, 3.8) is 0 Å². The van der Waals surface area contributed by atoms with E-state index < -0.39 is 11.5 Å². The molecule has 1 aromatic carbocycles. The van der Waals surface area contributed by atoms with Crippen molar-refractivity contribution >= 4 is 23.4 Å². The minimum absolute atomic E-state index is 0.0816. The van der Waals surface area contributed by atoms with E-state index in [2.05, 4.69) is 36.1 Å². The number of carbonyl (C=O) groups is 1. The summed E-state index contributed by atoms with van der Waals surface area (Å²) in [6, 6.07) is 7.30. The minimum atomic E-state index is -0.864. The number of primary amides is 1. The summed E-state index contributed by atoms with van der Waals surface area (Å²) in [5.74, 6) is -0.503. The van der Waals surface area contributed by atoms with E-state index in [1.807, 2.05) is 6.07 Å². The largest absolute Gasteiger partial charge is 0.365 e. The molecule has 1 amide bonds. The Kier molecular flexibility index (Phi) is 5.20. The third kappa shape index (κ3) is 4.24. The number of hydrogen-bond donors (Lipinski definition) is 5. The molecule has 11 heteroatoms. The Labute approximate surface area is 165 Å². The van der Waals surface area contributed by atoms with Gasteiger partial charge in [0.05, 0.1) is 18.1 Å². The van der Waals surface area contributed by atoms with Crippen molar-refractivity contribution in [2.45, 2.75) is 18.9 Å². The summed E-state index contributed by atoms with van der Waals surface area (Å²) in [7, 11) is 0. The van der Waals surface area contributed by atoms with Gasteiger partial charge in [0.1, 0.15) is 5.56 Å². The van der Waals surface area contributed by atoms with Gasteiger partial charge in [0.25, 0.3) is 11.5 Å². The van der Waals surface area contributed by atoms with Gasteiger partial charge >= 0.3 is 0 Å². The van der Waals surface area contributed by atoms with Crippen LogP contribution in [0.1, 0.15) is 23.2 Å². The van der Waals surface area contributed by atoms with Crippen molar-refractivity contribution in [2.24, 2.45) is 5.73 Å². The molecule has 11 nitrogen and oxygen atoms in total. The molecule has 1 saturated heterocycles. The predicted octanol–water partition coefficient (Wildman–Crippen LogP) is 0.357. The smallest absolute Gasteiger partial charge is 0.267 e. The highest BCUT2D eigenvalue weighted by atomic mass is 16.2. The lowest BCUT2D eigenvalue weighted by Crippen LogP contribution is -2.39. The van der Waals surface area contributed by atoms with E-state index in [1.165, 1.54) is 4.80 Å².